The molecule has 1 heterocycles. The molecule has 19 heavy (non-hydrogen) atoms. The summed E-state index contributed by atoms with van der Waals surface area (Å²) in [4.78, 5) is 4.12. The Hall–Kier alpha value is -1.80. The van der Waals surface area contributed by atoms with Crippen molar-refractivity contribution in [1.29, 1.82) is 0 Å². The zero-order valence-corrected chi connectivity index (χ0v) is 11.3. The van der Waals surface area contributed by atoms with E-state index < -0.39 is 10.1 Å². The lowest BCUT2D eigenvalue weighted by Gasteiger charge is -2.24. The molecule has 1 aromatic carbocycles. The standard InChI is InChI=1S/C11H16N4O3S/c1-19(16,17)18-15-11(12)14-10-7-6-8-4-2-3-5-9(8)13-10/h2-5,10,13H,6-7H2,1H3,(H3,12,14,15). The van der Waals surface area contributed by atoms with Gasteiger partial charge in [-0.1, -0.05) is 18.2 Å². The first kappa shape index (κ1) is 13.6. The van der Waals surface area contributed by atoms with Crippen LogP contribution in [0.1, 0.15) is 12.0 Å². The highest BCUT2D eigenvalue weighted by Crippen LogP contribution is 2.24. The molecular weight excluding hydrogens is 268 g/mol. The Labute approximate surface area is 111 Å². The van der Waals surface area contributed by atoms with Gasteiger partial charge < -0.3 is 11.1 Å². The van der Waals surface area contributed by atoms with Crippen molar-refractivity contribution in [3.05, 3.63) is 29.8 Å². The number of anilines is 1. The van der Waals surface area contributed by atoms with Crippen molar-refractivity contribution < 1.29 is 12.7 Å². The van der Waals surface area contributed by atoms with Crippen molar-refractivity contribution in [2.24, 2.45) is 10.7 Å². The maximum Gasteiger partial charge on any atom is 0.285 e. The quantitative estimate of drug-likeness (QED) is 0.415. The highest BCUT2D eigenvalue weighted by molar-refractivity contribution is 7.85. The van der Waals surface area contributed by atoms with E-state index in [1.807, 2.05) is 18.2 Å². The molecule has 0 radical (unpaired) electrons. The largest absolute Gasteiger partial charge is 0.368 e. The van der Waals surface area contributed by atoms with E-state index in [2.05, 4.69) is 26.1 Å². The highest BCUT2D eigenvalue weighted by atomic mass is 32.2. The second kappa shape index (κ2) is 5.45. The summed E-state index contributed by atoms with van der Waals surface area (Å²) in [6.45, 7) is 0. The molecule has 7 nitrogen and oxygen atoms in total. The van der Waals surface area contributed by atoms with Crippen LogP contribution in [-0.2, 0) is 20.8 Å². The molecule has 0 saturated carbocycles. The number of aryl methyl sites for hydroxylation is 1. The number of guanidine groups is 1. The average molecular weight is 284 g/mol. The van der Waals surface area contributed by atoms with Crippen LogP contribution in [0.15, 0.2) is 29.3 Å². The van der Waals surface area contributed by atoms with Crippen LogP contribution in [0, 0.1) is 0 Å². The normalized spacial score (nSPS) is 19.4. The monoisotopic (exact) mass is 284 g/mol. The van der Waals surface area contributed by atoms with Crippen LogP contribution < -0.4 is 16.5 Å². The summed E-state index contributed by atoms with van der Waals surface area (Å²) in [5.74, 6) is -0.0812. The molecule has 8 heteroatoms. The van der Waals surface area contributed by atoms with Crippen molar-refractivity contribution in [2.75, 3.05) is 11.6 Å². The van der Waals surface area contributed by atoms with Crippen LogP contribution in [0.4, 0.5) is 5.69 Å². The van der Waals surface area contributed by atoms with Crippen LogP contribution in [0.5, 0.6) is 0 Å². The summed E-state index contributed by atoms with van der Waals surface area (Å²) < 4.78 is 25.9. The average Bonchev–Trinajstić information content (AvgIpc) is 2.35. The van der Waals surface area contributed by atoms with Gasteiger partial charge in [-0.2, -0.15) is 8.42 Å². The Morgan fingerprint density at radius 2 is 2.26 bits per heavy atom. The Bertz CT molecular complexity index is 585. The first-order valence-corrected chi connectivity index (χ1v) is 7.58. The number of rotatable bonds is 3. The van der Waals surface area contributed by atoms with Crippen molar-refractivity contribution in [1.82, 2.24) is 5.48 Å². The van der Waals surface area contributed by atoms with Crippen LogP contribution >= 0.6 is 0 Å². The van der Waals surface area contributed by atoms with E-state index in [-0.39, 0.29) is 12.1 Å². The van der Waals surface area contributed by atoms with Gasteiger partial charge in [-0.25, -0.2) is 10.5 Å². The van der Waals surface area contributed by atoms with Crippen molar-refractivity contribution in [3.8, 4) is 0 Å². The van der Waals surface area contributed by atoms with Gasteiger partial charge in [0.05, 0.1) is 6.26 Å². The molecule has 0 bridgehead atoms. The van der Waals surface area contributed by atoms with E-state index in [4.69, 9.17) is 5.73 Å². The molecule has 104 valence electrons. The van der Waals surface area contributed by atoms with Crippen molar-refractivity contribution in [3.63, 3.8) is 0 Å². The third kappa shape index (κ3) is 4.11. The fourth-order valence-corrected chi connectivity index (χ4v) is 2.07. The predicted octanol–water partition coefficient (Wildman–Crippen LogP) is 0.166. The summed E-state index contributed by atoms with van der Waals surface area (Å²) in [5.41, 5.74) is 9.88. The second-order valence-electron chi connectivity index (χ2n) is 4.26. The molecule has 1 aliphatic heterocycles. The highest BCUT2D eigenvalue weighted by Gasteiger charge is 2.16. The molecule has 0 fully saturated rings. The van der Waals surface area contributed by atoms with E-state index in [0.29, 0.717) is 0 Å². The Morgan fingerprint density at radius 1 is 1.53 bits per heavy atom. The molecule has 1 atom stereocenters. The molecule has 4 N–H and O–H groups in total. The number of hydrogen-bond donors (Lipinski definition) is 3. The van der Waals surface area contributed by atoms with Crippen molar-refractivity contribution >= 4 is 21.8 Å². The Kier molecular flexibility index (Phi) is 3.91. The number of hydroxylamine groups is 1. The number of benzene rings is 1. The second-order valence-corrected chi connectivity index (χ2v) is 5.83. The van der Waals surface area contributed by atoms with Gasteiger partial charge >= 0.3 is 0 Å². The Balaban J connectivity index is 1.97. The lowest BCUT2D eigenvalue weighted by molar-refractivity contribution is 0.268. The first-order chi connectivity index (χ1) is 8.94. The molecule has 1 unspecified atom stereocenters. The number of aliphatic imine (C=N–C) groups is 1. The number of nitrogens with zero attached hydrogens (tertiary/aromatic N) is 1. The lowest BCUT2D eigenvalue weighted by Crippen LogP contribution is -2.36. The minimum absolute atomic E-state index is 0.0812. The van der Waals surface area contributed by atoms with Gasteiger partial charge in [0.25, 0.3) is 10.1 Å². The predicted molar refractivity (Wildman–Crippen MR) is 72.9 cm³/mol. The number of nitrogens with one attached hydrogen (secondary N) is 2. The SMILES string of the molecule is CS(=O)(=O)ON/C(N)=N/C1CCc2ccccc2N1. The van der Waals surface area contributed by atoms with E-state index >= 15 is 0 Å². The number of para-hydroxylation sites is 1. The molecule has 1 aromatic rings. The fourth-order valence-electron chi connectivity index (χ4n) is 1.83. The third-order valence-corrected chi connectivity index (χ3v) is 3.01. The summed E-state index contributed by atoms with van der Waals surface area (Å²) in [7, 11) is -3.60. The van der Waals surface area contributed by atoms with Crippen LogP contribution in [0.3, 0.4) is 0 Å². The van der Waals surface area contributed by atoms with Crippen LogP contribution in [-0.4, -0.2) is 26.8 Å². The van der Waals surface area contributed by atoms with Gasteiger partial charge in [0.2, 0.25) is 5.96 Å². The maximum absolute atomic E-state index is 10.8. The van der Waals surface area contributed by atoms with E-state index in [0.717, 1.165) is 24.8 Å². The molecule has 2 rings (SSSR count). The van der Waals surface area contributed by atoms with Gasteiger partial charge in [0.1, 0.15) is 6.17 Å². The molecule has 1 aliphatic rings. The molecule has 0 aliphatic carbocycles. The van der Waals surface area contributed by atoms with Crippen molar-refractivity contribution in [2.45, 2.75) is 19.0 Å². The number of fused-ring (bicyclic) bond motifs is 1. The topological polar surface area (TPSA) is 106 Å². The first-order valence-electron chi connectivity index (χ1n) is 5.76. The summed E-state index contributed by atoms with van der Waals surface area (Å²) in [6.07, 6.45) is 2.38. The molecule has 0 aromatic heterocycles. The van der Waals surface area contributed by atoms with E-state index in [1.54, 1.807) is 0 Å². The smallest absolute Gasteiger partial charge is 0.285 e. The van der Waals surface area contributed by atoms with Gasteiger partial charge in [-0.15, -0.1) is 4.28 Å². The van der Waals surface area contributed by atoms with Crippen LogP contribution in [0.25, 0.3) is 0 Å². The third-order valence-electron chi connectivity index (χ3n) is 2.62. The zero-order chi connectivity index (χ0) is 13.9. The summed E-state index contributed by atoms with van der Waals surface area (Å²) in [6, 6.07) is 7.94. The number of hydrogen-bond acceptors (Lipinski definition) is 5. The van der Waals surface area contributed by atoms with E-state index in [9.17, 15) is 8.42 Å². The van der Waals surface area contributed by atoms with Crippen LogP contribution in [0.2, 0.25) is 0 Å². The summed E-state index contributed by atoms with van der Waals surface area (Å²) in [5, 5.41) is 3.21. The lowest BCUT2D eigenvalue weighted by atomic mass is 10.0. The maximum atomic E-state index is 10.8. The molecule has 0 amide bonds. The van der Waals surface area contributed by atoms with Gasteiger partial charge in [0.15, 0.2) is 0 Å². The minimum Gasteiger partial charge on any atom is -0.368 e. The zero-order valence-electron chi connectivity index (χ0n) is 10.5. The fraction of sp³-hybridized carbons (Fsp3) is 0.364. The Morgan fingerprint density at radius 3 is 3.00 bits per heavy atom. The van der Waals surface area contributed by atoms with E-state index in [1.165, 1.54) is 5.56 Å². The molecular formula is C11H16N4O3S. The van der Waals surface area contributed by atoms with Gasteiger partial charge in [0, 0.05) is 5.69 Å². The molecule has 0 saturated heterocycles. The van der Waals surface area contributed by atoms with Gasteiger partial charge in [-0.3, -0.25) is 0 Å². The van der Waals surface area contributed by atoms with Gasteiger partial charge in [-0.05, 0) is 24.5 Å². The molecule has 0 spiro atoms. The minimum atomic E-state index is -3.60. The number of nitrogens with two attached hydrogens (primary N) is 1. The summed E-state index contributed by atoms with van der Waals surface area (Å²) >= 11 is 0.